The van der Waals surface area contributed by atoms with Crippen molar-refractivity contribution in [3.05, 3.63) is 35.4 Å². The summed E-state index contributed by atoms with van der Waals surface area (Å²) >= 11 is 0. The second-order valence-electron chi connectivity index (χ2n) is 7.41. The van der Waals surface area contributed by atoms with Crippen LogP contribution < -0.4 is 5.73 Å². The summed E-state index contributed by atoms with van der Waals surface area (Å²) in [5.41, 5.74) is 7.00. The van der Waals surface area contributed by atoms with E-state index in [-0.39, 0.29) is 17.7 Å². The first-order chi connectivity index (χ1) is 10.6. The van der Waals surface area contributed by atoms with Crippen molar-refractivity contribution >= 4 is 15.9 Å². The zero-order valence-corrected chi connectivity index (χ0v) is 14.9. The first kappa shape index (κ1) is 17.9. The number of carbonyl (C=O) groups is 1. The van der Waals surface area contributed by atoms with Crippen LogP contribution in [0, 0.1) is 5.92 Å². The Morgan fingerprint density at radius 3 is 2.48 bits per heavy atom. The molecular formula is C17H26N2O3S. The van der Waals surface area contributed by atoms with Crippen molar-refractivity contribution in [1.29, 1.82) is 0 Å². The van der Waals surface area contributed by atoms with Crippen molar-refractivity contribution in [3.63, 3.8) is 0 Å². The Morgan fingerprint density at radius 2 is 1.96 bits per heavy atom. The molecule has 1 aliphatic carbocycles. The Labute approximate surface area is 138 Å². The summed E-state index contributed by atoms with van der Waals surface area (Å²) in [6.07, 6.45) is 2.04. The van der Waals surface area contributed by atoms with Gasteiger partial charge in [-0.05, 0) is 35.3 Å². The van der Waals surface area contributed by atoms with Crippen LogP contribution >= 0.6 is 0 Å². The fraction of sp³-hybridized carbons (Fsp3) is 0.588. The summed E-state index contributed by atoms with van der Waals surface area (Å²) in [5, 5.41) is 0. The molecule has 0 aliphatic heterocycles. The smallest absolute Gasteiger partial charge is 0.232 e. The third-order valence-electron chi connectivity index (χ3n) is 4.03. The van der Waals surface area contributed by atoms with E-state index in [2.05, 4.69) is 20.8 Å². The highest BCUT2D eigenvalue weighted by Gasteiger charge is 2.31. The number of hydrogen-bond acceptors (Lipinski definition) is 3. The van der Waals surface area contributed by atoms with Crippen LogP contribution in [0.4, 0.5) is 0 Å². The van der Waals surface area contributed by atoms with Crippen molar-refractivity contribution in [3.8, 4) is 0 Å². The highest BCUT2D eigenvalue weighted by atomic mass is 32.2. The number of sulfonamides is 1. The van der Waals surface area contributed by atoms with Gasteiger partial charge in [-0.3, -0.25) is 4.79 Å². The Kier molecular flexibility index (Phi) is 5.16. The molecule has 23 heavy (non-hydrogen) atoms. The van der Waals surface area contributed by atoms with Crippen molar-refractivity contribution < 1.29 is 13.2 Å². The average molecular weight is 338 g/mol. The van der Waals surface area contributed by atoms with Gasteiger partial charge in [0.2, 0.25) is 15.9 Å². The molecular weight excluding hydrogens is 312 g/mol. The van der Waals surface area contributed by atoms with Gasteiger partial charge in [-0.25, -0.2) is 8.42 Å². The third-order valence-corrected chi connectivity index (χ3v) is 5.79. The molecule has 1 saturated carbocycles. The van der Waals surface area contributed by atoms with Crippen molar-refractivity contribution in [2.24, 2.45) is 11.7 Å². The van der Waals surface area contributed by atoms with E-state index in [9.17, 15) is 13.2 Å². The zero-order chi connectivity index (χ0) is 17.3. The Bertz CT molecular complexity index is 673. The summed E-state index contributed by atoms with van der Waals surface area (Å²) in [7, 11) is -3.56. The molecule has 0 atom stereocenters. The molecule has 6 heteroatoms. The van der Waals surface area contributed by atoms with E-state index in [0.717, 1.165) is 24.0 Å². The number of benzene rings is 1. The monoisotopic (exact) mass is 338 g/mol. The van der Waals surface area contributed by atoms with E-state index in [0.29, 0.717) is 12.5 Å². The number of rotatable bonds is 7. The molecule has 0 radical (unpaired) electrons. The van der Waals surface area contributed by atoms with Gasteiger partial charge in [0.15, 0.2) is 0 Å². The maximum absolute atomic E-state index is 12.7. The molecule has 1 aliphatic rings. The standard InChI is InChI=1S/C17H26N2O3S/c1-17(2,3)15-6-4-5-14(9-15)12-23(21,22)19(11-16(18)20)10-13-7-8-13/h4-6,9,13H,7-8,10-12H2,1-3H3,(H2,18,20). The quantitative estimate of drug-likeness (QED) is 0.826. The molecule has 1 fully saturated rings. The molecule has 0 aromatic heterocycles. The van der Waals surface area contributed by atoms with Crippen molar-refractivity contribution in [1.82, 2.24) is 4.31 Å². The maximum atomic E-state index is 12.7. The molecule has 1 aromatic rings. The van der Waals surface area contributed by atoms with Gasteiger partial charge in [0.25, 0.3) is 0 Å². The van der Waals surface area contributed by atoms with Crippen molar-refractivity contribution in [2.75, 3.05) is 13.1 Å². The van der Waals surface area contributed by atoms with Crippen LogP contribution in [-0.4, -0.2) is 31.7 Å². The lowest BCUT2D eigenvalue weighted by Crippen LogP contribution is -2.40. The number of amides is 1. The van der Waals surface area contributed by atoms with E-state index >= 15 is 0 Å². The largest absolute Gasteiger partial charge is 0.369 e. The number of hydrogen-bond donors (Lipinski definition) is 1. The highest BCUT2D eigenvalue weighted by molar-refractivity contribution is 7.88. The van der Waals surface area contributed by atoms with Crippen LogP contribution in [0.1, 0.15) is 44.7 Å². The Hall–Kier alpha value is -1.40. The predicted octanol–water partition coefficient (Wildman–Crippen LogP) is 2.01. The van der Waals surface area contributed by atoms with Crippen LogP contribution in [0.25, 0.3) is 0 Å². The minimum absolute atomic E-state index is 0.0410. The van der Waals surface area contributed by atoms with Gasteiger partial charge in [-0.15, -0.1) is 0 Å². The highest BCUT2D eigenvalue weighted by Crippen LogP contribution is 2.31. The van der Waals surface area contributed by atoms with E-state index in [1.54, 1.807) is 0 Å². The van der Waals surface area contributed by atoms with Gasteiger partial charge in [0, 0.05) is 6.54 Å². The molecule has 128 valence electrons. The summed E-state index contributed by atoms with van der Waals surface area (Å²) < 4.78 is 26.6. The molecule has 2 rings (SSSR count). The van der Waals surface area contributed by atoms with Crippen LogP contribution in [0.5, 0.6) is 0 Å². The molecule has 1 amide bonds. The molecule has 0 bridgehead atoms. The summed E-state index contributed by atoms with van der Waals surface area (Å²) in [6, 6.07) is 7.62. The second kappa shape index (κ2) is 6.61. The first-order valence-electron chi connectivity index (χ1n) is 7.93. The van der Waals surface area contributed by atoms with E-state index in [1.807, 2.05) is 24.3 Å². The van der Waals surface area contributed by atoms with Crippen molar-refractivity contribution in [2.45, 2.75) is 44.8 Å². The summed E-state index contributed by atoms with van der Waals surface area (Å²) in [4.78, 5) is 11.2. The second-order valence-corrected chi connectivity index (χ2v) is 9.38. The van der Waals surface area contributed by atoms with E-state index in [1.165, 1.54) is 4.31 Å². The molecule has 0 saturated heterocycles. The predicted molar refractivity (Wildman–Crippen MR) is 91.3 cm³/mol. The van der Waals surface area contributed by atoms with Crippen LogP contribution in [0.15, 0.2) is 24.3 Å². The minimum Gasteiger partial charge on any atom is -0.369 e. The topological polar surface area (TPSA) is 80.5 Å². The van der Waals surface area contributed by atoms with Gasteiger partial charge in [0.05, 0.1) is 12.3 Å². The summed E-state index contributed by atoms with van der Waals surface area (Å²) in [6.45, 7) is 6.43. The SMILES string of the molecule is CC(C)(C)c1cccc(CS(=O)(=O)N(CC(N)=O)CC2CC2)c1. The lowest BCUT2D eigenvalue weighted by atomic mass is 9.86. The van der Waals surface area contributed by atoms with Gasteiger partial charge in [-0.1, -0.05) is 45.0 Å². The minimum atomic E-state index is -3.56. The number of carbonyl (C=O) groups excluding carboxylic acids is 1. The average Bonchev–Trinajstić information content (AvgIpc) is 3.20. The summed E-state index contributed by atoms with van der Waals surface area (Å²) in [5.74, 6) is -0.348. The molecule has 0 unspecified atom stereocenters. The zero-order valence-electron chi connectivity index (χ0n) is 14.1. The number of primary amides is 1. The van der Waals surface area contributed by atoms with Gasteiger partial charge in [-0.2, -0.15) is 4.31 Å². The first-order valence-corrected chi connectivity index (χ1v) is 9.54. The fourth-order valence-electron chi connectivity index (χ4n) is 2.47. The Morgan fingerprint density at radius 1 is 1.30 bits per heavy atom. The van der Waals surface area contributed by atoms with Gasteiger partial charge >= 0.3 is 0 Å². The third kappa shape index (κ3) is 5.32. The molecule has 5 nitrogen and oxygen atoms in total. The van der Waals surface area contributed by atoms with E-state index in [4.69, 9.17) is 5.73 Å². The van der Waals surface area contributed by atoms with Gasteiger partial charge in [0.1, 0.15) is 0 Å². The molecule has 0 heterocycles. The Balaban J connectivity index is 2.19. The van der Waals surface area contributed by atoms with E-state index < -0.39 is 15.9 Å². The lowest BCUT2D eigenvalue weighted by molar-refractivity contribution is -0.118. The molecule has 2 N–H and O–H groups in total. The van der Waals surface area contributed by atoms with Crippen LogP contribution in [0.3, 0.4) is 0 Å². The number of nitrogens with zero attached hydrogens (tertiary/aromatic N) is 1. The maximum Gasteiger partial charge on any atom is 0.232 e. The fourth-order valence-corrected chi connectivity index (χ4v) is 4.01. The molecule has 1 aromatic carbocycles. The van der Waals surface area contributed by atoms with Gasteiger partial charge < -0.3 is 5.73 Å². The molecule has 0 spiro atoms. The number of nitrogens with two attached hydrogens (primary N) is 1. The normalized spacial score (nSPS) is 15.8. The van der Waals surface area contributed by atoms with Crippen LogP contribution in [-0.2, 0) is 26.0 Å². The van der Waals surface area contributed by atoms with Crippen LogP contribution in [0.2, 0.25) is 0 Å². The lowest BCUT2D eigenvalue weighted by Gasteiger charge is -2.22.